The molecule has 0 saturated heterocycles. The zero-order valence-electron chi connectivity index (χ0n) is 12.1. The zero-order valence-corrected chi connectivity index (χ0v) is 12.1. The monoisotopic (exact) mass is 317 g/mol. The molecule has 1 rings (SSSR count). The minimum Gasteiger partial charge on any atom is -0.481 e. The third-order valence-corrected chi connectivity index (χ3v) is 2.74. The van der Waals surface area contributed by atoms with Crippen LogP contribution in [0.2, 0.25) is 0 Å². The lowest BCUT2D eigenvalue weighted by Gasteiger charge is -2.04. The Hall–Kier alpha value is -3.34. The summed E-state index contributed by atoms with van der Waals surface area (Å²) in [5.41, 5.74) is 0.757. The maximum Gasteiger partial charge on any atom is 0.335 e. The van der Waals surface area contributed by atoms with Crippen LogP contribution in [0.1, 0.15) is 22.3 Å². The van der Waals surface area contributed by atoms with Crippen molar-refractivity contribution < 1.29 is 24.6 Å². The Labute approximate surface area is 132 Å². The van der Waals surface area contributed by atoms with Gasteiger partial charge in [-0.25, -0.2) is 4.79 Å². The van der Waals surface area contributed by atoms with E-state index in [0.29, 0.717) is 6.54 Å². The van der Waals surface area contributed by atoms with E-state index in [1.807, 2.05) is 0 Å². The van der Waals surface area contributed by atoms with E-state index < -0.39 is 17.8 Å². The van der Waals surface area contributed by atoms with Gasteiger partial charge in [0.25, 0.3) is 5.91 Å². The van der Waals surface area contributed by atoms with Crippen molar-refractivity contribution in [3.8, 4) is 6.07 Å². The molecule has 23 heavy (non-hydrogen) atoms. The summed E-state index contributed by atoms with van der Waals surface area (Å²) in [6, 6.07) is 7.84. The molecular weight excluding hydrogens is 302 g/mol. The molecule has 0 atom stereocenters. The van der Waals surface area contributed by atoms with Crippen LogP contribution in [0.4, 0.5) is 0 Å². The highest BCUT2D eigenvalue weighted by molar-refractivity contribution is 5.97. The molecule has 1 amide bonds. The van der Waals surface area contributed by atoms with Gasteiger partial charge in [0, 0.05) is 19.3 Å². The summed E-state index contributed by atoms with van der Waals surface area (Å²) in [5, 5.41) is 31.2. The number of rotatable bonds is 8. The fraction of sp³-hybridized carbons (Fsp3) is 0.200. The van der Waals surface area contributed by atoms with Crippen LogP contribution in [0.15, 0.2) is 36.0 Å². The summed E-state index contributed by atoms with van der Waals surface area (Å²) in [5.74, 6) is -2.73. The molecule has 0 radical (unpaired) electrons. The van der Waals surface area contributed by atoms with Gasteiger partial charge < -0.3 is 20.8 Å². The molecule has 4 N–H and O–H groups in total. The molecule has 1 aromatic rings. The topological polar surface area (TPSA) is 140 Å². The van der Waals surface area contributed by atoms with E-state index in [1.165, 1.54) is 18.3 Å². The maximum atomic E-state index is 11.6. The summed E-state index contributed by atoms with van der Waals surface area (Å²) in [6.45, 7) is 0.233. The van der Waals surface area contributed by atoms with Crippen molar-refractivity contribution in [3.63, 3.8) is 0 Å². The molecule has 0 aliphatic heterocycles. The number of carbonyl (C=O) groups excluding carboxylic acids is 1. The number of carboxylic acid groups (broad SMARTS) is 2. The molecule has 0 heterocycles. The van der Waals surface area contributed by atoms with Crippen LogP contribution in [0.25, 0.3) is 0 Å². The number of nitrogens with one attached hydrogen (secondary N) is 2. The Morgan fingerprint density at radius 2 is 1.83 bits per heavy atom. The molecule has 0 aliphatic rings. The van der Waals surface area contributed by atoms with Gasteiger partial charge in [-0.15, -0.1) is 0 Å². The van der Waals surface area contributed by atoms with E-state index in [2.05, 4.69) is 10.6 Å². The van der Waals surface area contributed by atoms with Crippen molar-refractivity contribution in [2.75, 3.05) is 6.54 Å². The van der Waals surface area contributed by atoms with E-state index >= 15 is 0 Å². The molecule has 120 valence electrons. The number of carboxylic acids is 2. The van der Waals surface area contributed by atoms with Gasteiger partial charge in [0.1, 0.15) is 11.6 Å². The average molecular weight is 317 g/mol. The van der Waals surface area contributed by atoms with Gasteiger partial charge >= 0.3 is 11.9 Å². The minimum absolute atomic E-state index is 0.0656. The second-order valence-corrected chi connectivity index (χ2v) is 4.45. The first-order valence-corrected chi connectivity index (χ1v) is 6.60. The van der Waals surface area contributed by atoms with Gasteiger partial charge in [0.15, 0.2) is 0 Å². The molecule has 0 spiro atoms. The third kappa shape index (κ3) is 6.31. The quantitative estimate of drug-likeness (QED) is 0.403. The van der Waals surface area contributed by atoms with E-state index in [9.17, 15) is 14.4 Å². The van der Waals surface area contributed by atoms with E-state index in [4.69, 9.17) is 15.5 Å². The lowest BCUT2D eigenvalue weighted by atomic mass is 10.1. The number of amides is 1. The Kier molecular flexibility index (Phi) is 6.81. The van der Waals surface area contributed by atoms with Gasteiger partial charge in [-0.2, -0.15) is 5.26 Å². The van der Waals surface area contributed by atoms with Gasteiger partial charge in [0.05, 0.1) is 12.0 Å². The van der Waals surface area contributed by atoms with Crippen LogP contribution in [0, 0.1) is 11.3 Å². The van der Waals surface area contributed by atoms with Gasteiger partial charge in [-0.3, -0.25) is 9.59 Å². The first-order chi connectivity index (χ1) is 10.9. The predicted octanol–water partition coefficient (Wildman–Crippen LogP) is 0.473. The Bertz CT molecular complexity index is 659. The molecule has 8 nitrogen and oxygen atoms in total. The second kappa shape index (κ2) is 8.84. The SMILES string of the molecule is N#C/C(=C/NCc1ccc(C(=O)O)cc1)C(=O)NCCC(=O)O. The molecule has 0 aliphatic carbocycles. The highest BCUT2D eigenvalue weighted by Crippen LogP contribution is 2.04. The van der Waals surface area contributed by atoms with Gasteiger partial charge in [-0.1, -0.05) is 12.1 Å². The molecule has 1 aromatic carbocycles. The first kappa shape index (κ1) is 17.7. The Morgan fingerprint density at radius 1 is 1.17 bits per heavy atom. The van der Waals surface area contributed by atoms with Crippen molar-refractivity contribution in [1.82, 2.24) is 10.6 Å². The summed E-state index contributed by atoms with van der Waals surface area (Å²) in [7, 11) is 0. The fourth-order valence-electron chi connectivity index (χ4n) is 1.56. The average Bonchev–Trinajstić information content (AvgIpc) is 2.51. The van der Waals surface area contributed by atoms with E-state index in [0.717, 1.165) is 5.56 Å². The first-order valence-electron chi connectivity index (χ1n) is 6.60. The number of hydrogen-bond donors (Lipinski definition) is 4. The lowest BCUT2D eigenvalue weighted by molar-refractivity contribution is -0.136. The van der Waals surface area contributed by atoms with Crippen LogP contribution in [0.3, 0.4) is 0 Å². The summed E-state index contributed by atoms with van der Waals surface area (Å²) < 4.78 is 0. The fourth-order valence-corrected chi connectivity index (χ4v) is 1.56. The highest BCUT2D eigenvalue weighted by atomic mass is 16.4. The number of carbonyl (C=O) groups is 3. The van der Waals surface area contributed by atoms with Crippen LogP contribution in [-0.2, 0) is 16.1 Å². The summed E-state index contributed by atoms with van der Waals surface area (Å²) in [4.78, 5) is 32.7. The van der Waals surface area contributed by atoms with Crippen LogP contribution >= 0.6 is 0 Å². The molecule has 0 saturated carbocycles. The summed E-state index contributed by atoms with van der Waals surface area (Å²) in [6.07, 6.45) is 0.995. The number of nitrogens with zero attached hydrogens (tertiary/aromatic N) is 1. The van der Waals surface area contributed by atoms with E-state index in [1.54, 1.807) is 18.2 Å². The standard InChI is InChI=1S/C15H15N3O5/c16-7-12(14(21)18-6-5-13(19)20)9-17-8-10-1-3-11(4-2-10)15(22)23/h1-4,9,17H,5-6,8H2,(H,18,21)(H,19,20)(H,22,23)/b12-9-. The second-order valence-electron chi connectivity index (χ2n) is 4.45. The molecule has 0 aromatic heterocycles. The van der Waals surface area contributed by atoms with Crippen molar-refractivity contribution in [2.24, 2.45) is 0 Å². The van der Waals surface area contributed by atoms with Crippen molar-refractivity contribution in [2.45, 2.75) is 13.0 Å². The van der Waals surface area contributed by atoms with Crippen molar-refractivity contribution in [1.29, 1.82) is 5.26 Å². The highest BCUT2D eigenvalue weighted by Gasteiger charge is 2.08. The van der Waals surface area contributed by atoms with Gasteiger partial charge in [-0.05, 0) is 17.7 Å². The van der Waals surface area contributed by atoms with Gasteiger partial charge in [0.2, 0.25) is 0 Å². The number of aliphatic carboxylic acids is 1. The van der Waals surface area contributed by atoms with Crippen LogP contribution in [-0.4, -0.2) is 34.6 Å². The molecule has 0 bridgehead atoms. The number of nitriles is 1. The Balaban J connectivity index is 2.53. The minimum atomic E-state index is -1.05. The molecule has 0 unspecified atom stereocenters. The molecular formula is C15H15N3O5. The number of benzene rings is 1. The van der Waals surface area contributed by atoms with Crippen molar-refractivity contribution in [3.05, 3.63) is 47.2 Å². The predicted molar refractivity (Wildman–Crippen MR) is 79.2 cm³/mol. The van der Waals surface area contributed by atoms with Crippen LogP contribution in [0.5, 0.6) is 0 Å². The third-order valence-electron chi connectivity index (χ3n) is 2.74. The maximum absolute atomic E-state index is 11.6. The van der Waals surface area contributed by atoms with E-state index in [-0.39, 0.29) is 24.1 Å². The molecule has 8 heteroatoms. The molecule has 0 fully saturated rings. The zero-order chi connectivity index (χ0) is 17.2. The van der Waals surface area contributed by atoms with Crippen molar-refractivity contribution >= 4 is 17.8 Å². The normalized spacial score (nSPS) is 10.5. The summed E-state index contributed by atoms with van der Waals surface area (Å²) >= 11 is 0. The van der Waals surface area contributed by atoms with Crippen LogP contribution < -0.4 is 10.6 Å². The Morgan fingerprint density at radius 3 is 2.35 bits per heavy atom. The number of hydrogen-bond acceptors (Lipinski definition) is 5. The smallest absolute Gasteiger partial charge is 0.335 e. The lowest BCUT2D eigenvalue weighted by Crippen LogP contribution is -2.27. The number of aromatic carboxylic acids is 1. The largest absolute Gasteiger partial charge is 0.481 e.